The summed E-state index contributed by atoms with van der Waals surface area (Å²) in [7, 11) is 0. The van der Waals surface area contributed by atoms with Crippen molar-refractivity contribution < 1.29 is 9.47 Å². The summed E-state index contributed by atoms with van der Waals surface area (Å²) in [5, 5.41) is 0. The lowest BCUT2D eigenvalue weighted by Gasteiger charge is -2.29. The van der Waals surface area contributed by atoms with Crippen LogP contribution in [0.4, 0.5) is 11.5 Å². The standard InChI is InChI=1S/C24H25N3O2/c25-20-6-3-18-15-22(16-19(18)14-20)29-21-7-4-17(5-8-21)23-2-1-9-26-24(23)27-10-12-28-13-11-27/h1-9,14,22H,10-13,15-16,25H2. The van der Waals surface area contributed by atoms with Crippen LogP contribution in [0.5, 0.6) is 5.75 Å². The van der Waals surface area contributed by atoms with E-state index in [9.17, 15) is 0 Å². The van der Waals surface area contributed by atoms with Crippen molar-refractivity contribution in [1.29, 1.82) is 0 Å². The molecule has 148 valence electrons. The Kier molecular flexibility index (Phi) is 4.82. The lowest BCUT2D eigenvalue weighted by molar-refractivity contribution is 0.122. The van der Waals surface area contributed by atoms with Crippen molar-refractivity contribution >= 4 is 11.5 Å². The number of nitrogen functional groups attached to an aromatic ring is 1. The quantitative estimate of drug-likeness (QED) is 0.692. The normalized spacial score (nSPS) is 18.5. The molecule has 1 unspecified atom stereocenters. The van der Waals surface area contributed by atoms with Gasteiger partial charge >= 0.3 is 0 Å². The van der Waals surface area contributed by atoms with Crippen LogP contribution in [0.3, 0.4) is 0 Å². The highest BCUT2D eigenvalue weighted by molar-refractivity contribution is 5.76. The first-order valence-corrected chi connectivity index (χ1v) is 10.2. The molecule has 0 saturated carbocycles. The largest absolute Gasteiger partial charge is 0.490 e. The molecule has 1 atom stereocenters. The predicted molar refractivity (Wildman–Crippen MR) is 115 cm³/mol. The van der Waals surface area contributed by atoms with Gasteiger partial charge in [0.1, 0.15) is 17.7 Å². The van der Waals surface area contributed by atoms with Crippen molar-refractivity contribution in [3.05, 3.63) is 71.9 Å². The average molecular weight is 387 g/mol. The first kappa shape index (κ1) is 18.0. The monoisotopic (exact) mass is 387 g/mol. The molecule has 1 aliphatic carbocycles. The fraction of sp³-hybridized carbons (Fsp3) is 0.292. The van der Waals surface area contributed by atoms with E-state index in [0.29, 0.717) is 0 Å². The first-order chi connectivity index (χ1) is 14.3. The summed E-state index contributed by atoms with van der Waals surface area (Å²) in [5.41, 5.74) is 11.7. The van der Waals surface area contributed by atoms with E-state index >= 15 is 0 Å². The van der Waals surface area contributed by atoms with E-state index in [1.54, 1.807) is 0 Å². The molecule has 2 heterocycles. The van der Waals surface area contributed by atoms with E-state index in [4.69, 9.17) is 15.2 Å². The number of pyridine rings is 1. The fourth-order valence-corrected chi connectivity index (χ4v) is 4.24. The Labute approximate surface area is 171 Å². The molecule has 5 nitrogen and oxygen atoms in total. The fourth-order valence-electron chi connectivity index (χ4n) is 4.24. The summed E-state index contributed by atoms with van der Waals surface area (Å²) >= 11 is 0. The number of hydrogen-bond donors (Lipinski definition) is 1. The van der Waals surface area contributed by atoms with Gasteiger partial charge in [0.2, 0.25) is 0 Å². The summed E-state index contributed by atoms with van der Waals surface area (Å²) in [6.45, 7) is 3.24. The topological polar surface area (TPSA) is 60.6 Å². The van der Waals surface area contributed by atoms with E-state index in [2.05, 4.69) is 52.3 Å². The molecule has 2 N–H and O–H groups in total. The Morgan fingerprint density at radius 2 is 1.76 bits per heavy atom. The van der Waals surface area contributed by atoms with Crippen molar-refractivity contribution in [3.8, 4) is 16.9 Å². The van der Waals surface area contributed by atoms with Crippen LogP contribution in [0, 0.1) is 0 Å². The number of benzene rings is 2. The number of hydrogen-bond acceptors (Lipinski definition) is 5. The third-order valence-corrected chi connectivity index (χ3v) is 5.69. The van der Waals surface area contributed by atoms with E-state index in [-0.39, 0.29) is 6.10 Å². The van der Waals surface area contributed by atoms with Crippen LogP contribution in [-0.4, -0.2) is 37.4 Å². The molecule has 5 rings (SSSR count). The van der Waals surface area contributed by atoms with Crippen LogP contribution in [0.15, 0.2) is 60.8 Å². The van der Waals surface area contributed by atoms with Gasteiger partial charge in [0, 0.05) is 43.4 Å². The molecule has 5 heteroatoms. The lowest BCUT2D eigenvalue weighted by Crippen LogP contribution is -2.37. The maximum atomic E-state index is 6.25. The molecule has 0 spiro atoms. The van der Waals surface area contributed by atoms with Crippen LogP contribution < -0.4 is 15.4 Å². The Morgan fingerprint density at radius 3 is 2.59 bits per heavy atom. The molecule has 0 amide bonds. The van der Waals surface area contributed by atoms with Gasteiger partial charge in [0.05, 0.1) is 13.2 Å². The van der Waals surface area contributed by atoms with Gasteiger partial charge in [-0.15, -0.1) is 0 Å². The number of morpholine rings is 1. The number of ether oxygens (including phenoxy) is 2. The van der Waals surface area contributed by atoms with Gasteiger partial charge in [-0.05, 0) is 53.1 Å². The Morgan fingerprint density at radius 1 is 0.966 bits per heavy atom. The van der Waals surface area contributed by atoms with Gasteiger partial charge in [0.25, 0.3) is 0 Å². The van der Waals surface area contributed by atoms with Crippen LogP contribution in [0.2, 0.25) is 0 Å². The highest BCUT2D eigenvalue weighted by atomic mass is 16.5. The van der Waals surface area contributed by atoms with Gasteiger partial charge in [-0.2, -0.15) is 0 Å². The molecule has 0 bridgehead atoms. The summed E-state index contributed by atoms with van der Waals surface area (Å²) < 4.78 is 11.7. The zero-order valence-corrected chi connectivity index (χ0v) is 16.4. The first-order valence-electron chi connectivity index (χ1n) is 10.2. The molecular weight excluding hydrogens is 362 g/mol. The van der Waals surface area contributed by atoms with Gasteiger partial charge in [0.15, 0.2) is 0 Å². The Balaban J connectivity index is 1.31. The molecule has 1 aromatic heterocycles. The summed E-state index contributed by atoms with van der Waals surface area (Å²) in [6, 6.07) is 18.6. The van der Waals surface area contributed by atoms with Crippen LogP contribution in [0.1, 0.15) is 11.1 Å². The lowest BCUT2D eigenvalue weighted by atomic mass is 10.1. The number of fused-ring (bicyclic) bond motifs is 1. The molecular formula is C24H25N3O2. The molecule has 3 aromatic rings. The highest BCUT2D eigenvalue weighted by Crippen LogP contribution is 2.32. The van der Waals surface area contributed by atoms with E-state index in [0.717, 1.165) is 67.5 Å². The summed E-state index contributed by atoms with van der Waals surface area (Å²) in [5.74, 6) is 1.92. The van der Waals surface area contributed by atoms with Gasteiger partial charge < -0.3 is 20.1 Å². The molecule has 0 radical (unpaired) electrons. The molecule has 2 aliphatic rings. The zero-order valence-electron chi connectivity index (χ0n) is 16.4. The maximum Gasteiger partial charge on any atom is 0.136 e. The second-order valence-corrected chi connectivity index (χ2v) is 7.67. The third-order valence-electron chi connectivity index (χ3n) is 5.69. The van der Waals surface area contributed by atoms with E-state index < -0.39 is 0 Å². The van der Waals surface area contributed by atoms with E-state index in [1.807, 2.05) is 18.3 Å². The molecule has 1 saturated heterocycles. The highest BCUT2D eigenvalue weighted by Gasteiger charge is 2.23. The van der Waals surface area contributed by atoms with Crippen molar-refractivity contribution in [2.75, 3.05) is 36.9 Å². The average Bonchev–Trinajstić information content (AvgIpc) is 3.16. The van der Waals surface area contributed by atoms with Crippen molar-refractivity contribution in [2.24, 2.45) is 0 Å². The van der Waals surface area contributed by atoms with E-state index in [1.165, 1.54) is 11.1 Å². The second-order valence-electron chi connectivity index (χ2n) is 7.67. The minimum atomic E-state index is 0.167. The molecule has 1 aliphatic heterocycles. The number of nitrogens with zero attached hydrogens (tertiary/aromatic N) is 2. The van der Waals surface area contributed by atoms with Gasteiger partial charge in [-0.3, -0.25) is 0 Å². The molecule has 1 fully saturated rings. The smallest absolute Gasteiger partial charge is 0.136 e. The predicted octanol–water partition coefficient (Wildman–Crippen LogP) is 3.71. The van der Waals surface area contributed by atoms with Gasteiger partial charge in [-0.25, -0.2) is 4.98 Å². The van der Waals surface area contributed by atoms with Crippen molar-refractivity contribution in [3.63, 3.8) is 0 Å². The second kappa shape index (κ2) is 7.76. The number of aromatic nitrogens is 1. The Hall–Kier alpha value is -3.05. The number of anilines is 2. The Bertz CT molecular complexity index is 997. The minimum absolute atomic E-state index is 0.167. The van der Waals surface area contributed by atoms with Crippen LogP contribution in [0.25, 0.3) is 11.1 Å². The van der Waals surface area contributed by atoms with Crippen molar-refractivity contribution in [2.45, 2.75) is 18.9 Å². The van der Waals surface area contributed by atoms with Gasteiger partial charge in [-0.1, -0.05) is 18.2 Å². The van der Waals surface area contributed by atoms with Crippen LogP contribution in [-0.2, 0) is 17.6 Å². The zero-order chi connectivity index (χ0) is 19.6. The van der Waals surface area contributed by atoms with Crippen molar-refractivity contribution in [1.82, 2.24) is 4.98 Å². The number of nitrogens with two attached hydrogens (primary N) is 1. The third kappa shape index (κ3) is 3.78. The summed E-state index contributed by atoms with van der Waals surface area (Å²) in [4.78, 5) is 6.94. The minimum Gasteiger partial charge on any atom is -0.490 e. The molecule has 29 heavy (non-hydrogen) atoms. The SMILES string of the molecule is Nc1ccc2c(c1)CC(Oc1ccc(-c3cccnc3N3CCOCC3)cc1)C2. The molecule has 2 aromatic carbocycles. The number of rotatable bonds is 4. The maximum absolute atomic E-state index is 6.25. The summed E-state index contributed by atoms with van der Waals surface area (Å²) in [6.07, 6.45) is 3.86. The van der Waals surface area contributed by atoms with Crippen LogP contribution >= 0.6 is 0 Å².